The molecule has 1 aromatic heterocycles. The lowest BCUT2D eigenvalue weighted by Crippen LogP contribution is -2.24. The Morgan fingerprint density at radius 2 is 2.21 bits per heavy atom. The zero-order valence-corrected chi connectivity index (χ0v) is 9.10. The maximum Gasteiger partial charge on any atom is 0.0861 e. The monoisotopic (exact) mass is 194 g/mol. The summed E-state index contributed by atoms with van der Waals surface area (Å²) in [5.74, 6) is 0.754. The van der Waals surface area contributed by atoms with Crippen LogP contribution in [0.3, 0.4) is 0 Å². The van der Waals surface area contributed by atoms with Crippen LogP contribution in [0.25, 0.3) is 0 Å². The van der Waals surface area contributed by atoms with E-state index >= 15 is 0 Å². The van der Waals surface area contributed by atoms with Crippen LogP contribution >= 0.6 is 0 Å². The van der Waals surface area contributed by atoms with Crippen molar-refractivity contribution in [2.24, 2.45) is 13.0 Å². The van der Waals surface area contributed by atoms with Gasteiger partial charge < -0.3 is 4.74 Å². The first kappa shape index (κ1) is 9.71. The Morgan fingerprint density at radius 1 is 1.43 bits per heavy atom. The molecule has 0 N–H and O–H groups in total. The molecule has 1 saturated heterocycles. The first-order chi connectivity index (χ1) is 6.65. The molecule has 0 aliphatic carbocycles. The Balaban J connectivity index is 2.10. The smallest absolute Gasteiger partial charge is 0.0861 e. The summed E-state index contributed by atoms with van der Waals surface area (Å²) in [6.45, 7) is 4.45. The lowest BCUT2D eigenvalue weighted by atomic mass is 9.92. The van der Waals surface area contributed by atoms with Gasteiger partial charge in [0.2, 0.25) is 0 Å². The highest BCUT2D eigenvalue weighted by molar-refractivity contribution is 5.09. The van der Waals surface area contributed by atoms with Crippen molar-refractivity contribution in [3.63, 3.8) is 0 Å². The molecule has 0 aromatic carbocycles. The second kappa shape index (κ2) is 3.73. The minimum absolute atomic E-state index is 0.252. The zero-order chi connectivity index (χ0) is 10.1. The molecule has 78 valence electrons. The summed E-state index contributed by atoms with van der Waals surface area (Å²) in [6.07, 6.45) is 6.89. The number of rotatable bonds is 1. The Hall–Kier alpha value is -0.830. The molecular formula is C11H18N2O. The molecule has 2 heterocycles. The molecule has 1 aliphatic heterocycles. The average molecular weight is 194 g/mol. The van der Waals surface area contributed by atoms with E-state index in [1.54, 1.807) is 0 Å². The fourth-order valence-electron chi connectivity index (χ4n) is 2.24. The molecule has 3 atom stereocenters. The summed E-state index contributed by atoms with van der Waals surface area (Å²) < 4.78 is 7.74. The van der Waals surface area contributed by atoms with E-state index in [1.165, 1.54) is 12.0 Å². The first-order valence-electron chi connectivity index (χ1n) is 5.29. The summed E-state index contributed by atoms with van der Waals surface area (Å²) in [5.41, 5.74) is 1.21. The summed E-state index contributed by atoms with van der Waals surface area (Å²) in [7, 11) is 1.94. The normalized spacial score (nSPS) is 33.2. The lowest BCUT2D eigenvalue weighted by Gasteiger charge is -2.31. The molecule has 14 heavy (non-hydrogen) atoms. The van der Waals surface area contributed by atoms with Crippen LogP contribution in [-0.4, -0.2) is 15.9 Å². The van der Waals surface area contributed by atoms with E-state index in [4.69, 9.17) is 4.74 Å². The van der Waals surface area contributed by atoms with Gasteiger partial charge in [-0.05, 0) is 25.7 Å². The van der Waals surface area contributed by atoms with Gasteiger partial charge in [0.25, 0.3) is 0 Å². The van der Waals surface area contributed by atoms with Crippen LogP contribution in [0.5, 0.6) is 0 Å². The molecule has 0 spiro atoms. The van der Waals surface area contributed by atoms with Crippen molar-refractivity contribution in [3.8, 4) is 0 Å². The largest absolute Gasteiger partial charge is 0.370 e. The summed E-state index contributed by atoms with van der Waals surface area (Å²) in [6, 6.07) is 0. The maximum absolute atomic E-state index is 5.90. The fourth-order valence-corrected chi connectivity index (χ4v) is 2.24. The van der Waals surface area contributed by atoms with Crippen molar-refractivity contribution in [2.75, 3.05) is 0 Å². The maximum atomic E-state index is 5.90. The number of aromatic nitrogens is 2. The third-order valence-electron chi connectivity index (χ3n) is 2.84. The molecule has 0 amide bonds. The van der Waals surface area contributed by atoms with Crippen molar-refractivity contribution in [1.29, 1.82) is 0 Å². The number of nitrogens with zero attached hydrogens (tertiary/aromatic N) is 2. The van der Waals surface area contributed by atoms with E-state index in [0.717, 1.165) is 12.3 Å². The van der Waals surface area contributed by atoms with Crippen molar-refractivity contribution >= 4 is 0 Å². The molecule has 1 aliphatic rings. The quantitative estimate of drug-likeness (QED) is 0.686. The third kappa shape index (κ3) is 1.98. The fraction of sp³-hybridized carbons (Fsp3) is 0.727. The molecule has 0 bridgehead atoms. The third-order valence-corrected chi connectivity index (χ3v) is 2.84. The molecule has 1 aromatic rings. The van der Waals surface area contributed by atoms with E-state index in [-0.39, 0.29) is 6.10 Å². The molecule has 3 heteroatoms. The van der Waals surface area contributed by atoms with Crippen LogP contribution < -0.4 is 0 Å². The molecule has 0 saturated carbocycles. The highest BCUT2D eigenvalue weighted by Gasteiger charge is 2.26. The average Bonchev–Trinajstić information content (AvgIpc) is 2.50. The first-order valence-corrected chi connectivity index (χ1v) is 5.29. The van der Waals surface area contributed by atoms with E-state index in [9.17, 15) is 0 Å². The highest BCUT2D eigenvalue weighted by Crippen LogP contribution is 2.33. The lowest BCUT2D eigenvalue weighted by molar-refractivity contribution is -0.0604. The molecular weight excluding hydrogens is 176 g/mol. The van der Waals surface area contributed by atoms with E-state index in [0.29, 0.717) is 6.10 Å². The van der Waals surface area contributed by atoms with Crippen LogP contribution in [-0.2, 0) is 11.8 Å². The molecule has 1 fully saturated rings. The number of hydrogen-bond donors (Lipinski definition) is 0. The van der Waals surface area contributed by atoms with Gasteiger partial charge in [-0.3, -0.25) is 4.68 Å². The minimum Gasteiger partial charge on any atom is -0.370 e. The van der Waals surface area contributed by atoms with Crippen molar-refractivity contribution in [2.45, 2.75) is 38.9 Å². The van der Waals surface area contributed by atoms with Crippen LogP contribution in [0, 0.1) is 5.92 Å². The molecule has 3 unspecified atom stereocenters. The van der Waals surface area contributed by atoms with Crippen LogP contribution in [0.15, 0.2) is 12.4 Å². The Morgan fingerprint density at radius 3 is 2.79 bits per heavy atom. The van der Waals surface area contributed by atoms with Gasteiger partial charge in [0.05, 0.1) is 18.4 Å². The minimum atomic E-state index is 0.252. The predicted octanol–water partition coefficient (Wildman–Crippen LogP) is 2.30. The molecule has 0 radical (unpaired) electrons. The summed E-state index contributed by atoms with van der Waals surface area (Å²) in [4.78, 5) is 0. The summed E-state index contributed by atoms with van der Waals surface area (Å²) in [5, 5.41) is 4.18. The Kier molecular flexibility index (Phi) is 2.59. The summed E-state index contributed by atoms with van der Waals surface area (Å²) >= 11 is 0. The van der Waals surface area contributed by atoms with Gasteiger partial charge in [0.1, 0.15) is 0 Å². The molecule has 3 nitrogen and oxygen atoms in total. The molecule has 2 rings (SSSR count). The standard InChI is InChI=1S/C11H18N2O/c1-8-4-9(2)14-11(5-8)10-6-12-13(3)7-10/h6-9,11H,4-5H2,1-3H3. The van der Waals surface area contributed by atoms with E-state index < -0.39 is 0 Å². The van der Waals surface area contributed by atoms with Gasteiger partial charge >= 0.3 is 0 Å². The second-order valence-corrected chi connectivity index (χ2v) is 4.46. The van der Waals surface area contributed by atoms with Crippen LogP contribution in [0.4, 0.5) is 0 Å². The highest BCUT2D eigenvalue weighted by atomic mass is 16.5. The number of hydrogen-bond acceptors (Lipinski definition) is 2. The van der Waals surface area contributed by atoms with E-state index in [2.05, 4.69) is 25.1 Å². The van der Waals surface area contributed by atoms with Crippen LogP contribution in [0.2, 0.25) is 0 Å². The van der Waals surface area contributed by atoms with Gasteiger partial charge in [-0.1, -0.05) is 6.92 Å². The van der Waals surface area contributed by atoms with Crippen molar-refractivity contribution in [1.82, 2.24) is 9.78 Å². The number of ether oxygens (including phenoxy) is 1. The van der Waals surface area contributed by atoms with Gasteiger partial charge in [0.15, 0.2) is 0 Å². The van der Waals surface area contributed by atoms with Gasteiger partial charge in [0, 0.05) is 18.8 Å². The predicted molar refractivity (Wildman–Crippen MR) is 54.9 cm³/mol. The van der Waals surface area contributed by atoms with Crippen molar-refractivity contribution in [3.05, 3.63) is 18.0 Å². The number of aryl methyl sites for hydroxylation is 1. The Labute approximate surface area is 85.1 Å². The second-order valence-electron chi connectivity index (χ2n) is 4.46. The van der Waals surface area contributed by atoms with Gasteiger partial charge in [-0.2, -0.15) is 5.10 Å². The van der Waals surface area contributed by atoms with Gasteiger partial charge in [-0.25, -0.2) is 0 Å². The van der Waals surface area contributed by atoms with Gasteiger partial charge in [-0.15, -0.1) is 0 Å². The van der Waals surface area contributed by atoms with Crippen LogP contribution in [0.1, 0.15) is 38.4 Å². The van der Waals surface area contributed by atoms with E-state index in [1.807, 2.05) is 17.9 Å². The zero-order valence-electron chi connectivity index (χ0n) is 9.10. The topological polar surface area (TPSA) is 27.1 Å². The Bertz CT molecular complexity index is 298. The SMILES string of the molecule is CC1CC(C)OC(c2cnn(C)c2)C1. The van der Waals surface area contributed by atoms with Crippen molar-refractivity contribution < 1.29 is 4.74 Å².